The molecule has 41 heavy (non-hydrogen) atoms. The number of aliphatic hydroxyl groups excluding tert-OH is 2. The van der Waals surface area contributed by atoms with Crippen molar-refractivity contribution in [3.05, 3.63) is 75.6 Å². The van der Waals surface area contributed by atoms with Crippen LogP contribution in [-0.4, -0.2) is 68.6 Å². The lowest BCUT2D eigenvalue weighted by molar-refractivity contribution is -0.147. The molecule has 6 N–H and O–H groups in total. The van der Waals surface area contributed by atoms with Crippen molar-refractivity contribution in [2.24, 2.45) is 17.6 Å². The predicted molar refractivity (Wildman–Crippen MR) is 149 cm³/mol. The van der Waals surface area contributed by atoms with E-state index >= 15 is 0 Å². The fraction of sp³-hybridized carbons (Fsp3) is 0.387. The first kappa shape index (κ1) is 28.4. The average Bonchev–Trinajstić information content (AvgIpc) is 2.93. The van der Waals surface area contributed by atoms with E-state index in [1.54, 1.807) is 0 Å². The number of amides is 1. The zero-order chi connectivity index (χ0) is 29.6. The molecule has 3 aliphatic carbocycles. The van der Waals surface area contributed by atoms with Gasteiger partial charge in [-0.05, 0) is 43.4 Å². The van der Waals surface area contributed by atoms with Crippen LogP contribution in [0.25, 0.3) is 5.76 Å². The number of hydrogen-bond acceptors (Lipinski definition) is 9. The van der Waals surface area contributed by atoms with Crippen LogP contribution in [0.15, 0.2) is 53.3 Å². The largest absolute Gasteiger partial charge is 0.508 e. The SMILES string of the molecule is CCN(CCc1ccccc1)Cc1cc(O)c2c(c1OC)CC1C[C@H]3CC(=O)C(C(N)=O)=C(O)[C@@]3(O)C(=O)C1=C2O. The van der Waals surface area contributed by atoms with E-state index in [9.17, 15) is 34.8 Å². The molecule has 10 nitrogen and oxygen atoms in total. The van der Waals surface area contributed by atoms with Crippen molar-refractivity contribution in [2.45, 2.75) is 44.8 Å². The molecule has 10 heteroatoms. The van der Waals surface area contributed by atoms with Gasteiger partial charge in [-0.3, -0.25) is 19.3 Å². The molecule has 2 aromatic rings. The van der Waals surface area contributed by atoms with E-state index < -0.39 is 52.0 Å². The van der Waals surface area contributed by atoms with Gasteiger partial charge < -0.3 is 30.9 Å². The van der Waals surface area contributed by atoms with Crippen LogP contribution in [-0.2, 0) is 33.8 Å². The number of nitrogens with zero attached hydrogens (tertiary/aromatic N) is 1. The summed E-state index contributed by atoms with van der Waals surface area (Å²) in [7, 11) is 1.51. The Kier molecular flexibility index (Phi) is 7.39. The van der Waals surface area contributed by atoms with Crippen molar-refractivity contribution in [2.75, 3.05) is 20.2 Å². The number of ketones is 2. The quantitative estimate of drug-likeness (QED) is 0.303. The second-order valence-corrected chi connectivity index (χ2v) is 11.0. The molecule has 1 saturated carbocycles. The highest BCUT2D eigenvalue weighted by Crippen LogP contribution is 2.53. The van der Waals surface area contributed by atoms with Gasteiger partial charge in [-0.2, -0.15) is 0 Å². The Labute approximate surface area is 237 Å². The summed E-state index contributed by atoms with van der Waals surface area (Å²) < 4.78 is 5.80. The lowest BCUT2D eigenvalue weighted by atomic mass is 9.59. The van der Waals surface area contributed by atoms with E-state index in [1.165, 1.54) is 18.7 Å². The van der Waals surface area contributed by atoms with Gasteiger partial charge in [-0.1, -0.05) is 37.3 Å². The number of aromatic hydroxyl groups is 1. The number of likely N-dealkylation sites (N-methyl/N-ethyl adjacent to an activating group) is 1. The Morgan fingerprint density at radius 3 is 2.49 bits per heavy atom. The molecule has 1 fully saturated rings. The van der Waals surface area contributed by atoms with Gasteiger partial charge in [-0.25, -0.2) is 0 Å². The number of ether oxygens (including phenoxy) is 1. The Hall–Kier alpha value is -4.15. The number of benzene rings is 2. The number of carbonyl (C=O) groups is 3. The highest BCUT2D eigenvalue weighted by atomic mass is 16.5. The smallest absolute Gasteiger partial charge is 0.255 e. The molecule has 3 aliphatic rings. The molecule has 216 valence electrons. The number of carbonyl (C=O) groups excluding carboxylic acids is 3. The fourth-order valence-electron chi connectivity index (χ4n) is 6.63. The van der Waals surface area contributed by atoms with Crippen LogP contribution in [0.5, 0.6) is 11.5 Å². The number of fused-ring (bicyclic) bond motifs is 3. The zero-order valence-electron chi connectivity index (χ0n) is 23.0. The molecule has 0 saturated heterocycles. The molecule has 2 aromatic carbocycles. The van der Waals surface area contributed by atoms with Gasteiger partial charge in [0.25, 0.3) is 5.91 Å². The lowest BCUT2D eigenvalue weighted by Gasteiger charge is -2.46. The molecule has 0 aromatic heterocycles. The fourth-order valence-corrected chi connectivity index (χ4v) is 6.63. The summed E-state index contributed by atoms with van der Waals surface area (Å²) in [5.74, 6) is -6.06. The topological polar surface area (TPSA) is 171 Å². The van der Waals surface area contributed by atoms with Crippen molar-refractivity contribution in [1.82, 2.24) is 4.90 Å². The van der Waals surface area contributed by atoms with E-state index in [4.69, 9.17) is 10.5 Å². The van der Waals surface area contributed by atoms with Gasteiger partial charge >= 0.3 is 0 Å². The first-order valence-corrected chi connectivity index (χ1v) is 13.7. The highest BCUT2D eigenvalue weighted by molar-refractivity contribution is 6.22. The van der Waals surface area contributed by atoms with Crippen LogP contribution in [0, 0.1) is 11.8 Å². The van der Waals surface area contributed by atoms with E-state index in [-0.39, 0.29) is 36.1 Å². The van der Waals surface area contributed by atoms with Crippen molar-refractivity contribution in [3.63, 3.8) is 0 Å². The van der Waals surface area contributed by atoms with Crippen LogP contribution >= 0.6 is 0 Å². The van der Waals surface area contributed by atoms with Gasteiger partial charge in [0.2, 0.25) is 5.78 Å². The van der Waals surface area contributed by atoms with E-state index in [0.717, 1.165) is 19.5 Å². The van der Waals surface area contributed by atoms with Crippen molar-refractivity contribution in [1.29, 1.82) is 0 Å². The summed E-state index contributed by atoms with van der Waals surface area (Å²) in [6.07, 6.45) is 0.731. The molecule has 0 bridgehead atoms. The van der Waals surface area contributed by atoms with Crippen molar-refractivity contribution in [3.8, 4) is 11.5 Å². The summed E-state index contributed by atoms with van der Waals surface area (Å²) in [4.78, 5) is 40.3. The van der Waals surface area contributed by atoms with Crippen LogP contribution < -0.4 is 10.5 Å². The number of hydrogen-bond donors (Lipinski definition) is 5. The van der Waals surface area contributed by atoms with Gasteiger partial charge in [0.05, 0.1) is 12.7 Å². The second-order valence-electron chi connectivity index (χ2n) is 11.0. The first-order chi connectivity index (χ1) is 19.5. The minimum absolute atomic E-state index is 0.0186. The third-order valence-corrected chi connectivity index (χ3v) is 8.70. The molecule has 1 unspecified atom stereocenters. The van der Waals surface area contributed by atoms with Gasteiger partial charge in [0, 0.05) is 42.1 Å². The van der Waals surface area contributed by atoms with Crippen LogP contribution in [0.2, 0.25) is 0 Å². The average molecular weight is 563 g/mol. The standard InChI is InChI=1S/C31H34N2O8/c1-3-33(10-9-16-7-5-4-6-8-16)15-18-13-21(34)24-20(27(18)41-2)12-17-11-19-14-22(35)25(30(32)39)29(38)31(19,40)28(37)23(17)26(24)36/h4-8,13,17,19,34,36,38,40H,3,9-12,14-15H2,1-2H3,(H2,32,39)/t17?,19-,31-/m0/s1. The van der Waals surface area contributed by atoms with Crippen LogP contribution in [0.4, 0.5) is 0 Å². The summed E-state index contributed by atoms with van der Waals surface area (Å²) in [6, 6.07) is 11.6. The number of phenolic OH excluding ortho intramolecular Hbond substituents is 1. The zero-order valence-corrected chi connectivity index (χ0v) is 23.0. The number of primary amides is 1. The predicted octanol–water partition coefficient (Wildman–Crippen LogP) is 2.50. The van der Waals surface area contributed by atoms with Gasteiger partial charge in [0.1, 0.15) is 28.6 Å². The second kappa shape index (κ2) is 10.7. The maximum atomic E-state index is 13.7. The number of methoxy groups -OCH3 is 1. The number of phenols is 1. The Balaban J connectivity index is 1.53. The maximum Gasteiger partial charge on any atom is 0.255 e. The molecule has 0 radical (unpaired) electrons. The van der Waals surface area contributed by atoms with E-state index in [2.05, 4.69) is 17.0 Å². The summed E-state index contributed by atoms with van der Waals surface area (Å²) in [5.41, 5.74) is 4.13. The number of Topliss-reactive ketones (excluding diaryl/α,β-unsaturated/α-hetero) is 2. The van der Waals surface area contributed by atoms with Crippen molar-refractivity contribution < 1.29 is 39.5 Å². The first-order valence-electron chi connectivity index (χ1n) is 13.7. The molecular weight excluding hydrogens is 528 g/mol. The Morgan fingerprint density at radius 1 is 1.15 bits per heavy atom. The minimum Gasteiger partial charge on any atom is -0.508 e. The maximum absolute atomic E-state index is 13.7. The van der Waals surface area contributed by atoms with Crippen LogP contribution in [0.3, 0.4) is 0 Å². The summed E-state index contributed by atoms with van der Waals surface area (Å²) in [5, 5.41) is 44.5. The molecule has 3 atom stereocenters. The summed E-state index contributed by atoms with van der Waals surface area (Å²) in [6.45, 7) is 4.04. The highest BCUT2D eigenvalue weighted by Gasteiger charge is 2.60. The summed E-state index contributed by atoms with van der Waals surface area (Å²) >= 11 is 0. The molecule has 0 heterocycles. The number of aliphatic hydroxyl groups is 3. The minimum atomic E-state index is -2.59. The Morgan fingerprint density at radius 2 is 1.85 bits per heavy atom. The number of nitrogens with two attached hydrogens (primary N) is 1. The monoisotopic (exact) mass is 562 g/mol. The third-order valence-electron chi connectivity index (χ3n) is 8.70. The lowest BCUT2D eigenvalue weighted by Crippen LogP contribution is -2.58. The van der Waals surface area contributed by atoms with Gasteiger partial charge in [0.15, 0.2) is 11.4 Å². The molecule has 0 aliphatic heterocycles. The molecular formula is C31H34N2O8. The van der Waals surface area contributed by atoms with E-state index in [1.807, 2.05) is 25.1 Å². The van der Waals surface area contributed by atoms with Gasteiger partial charge in [-0.15, -0.1) is 0 Å². The Bertz CT molecular complexity index is 1500. The van der Waals surface area contributed by atoms with E-state index in [0.29, 0.717) is 23.4 Å². The molecule has 5 rings (SSSR count). The van der Waals surface area contributed by atoms with Crippen LogP contribution in [0.1, 0.15) is 42.0 Å². The third kappa shape index (κ3) is 4.57. The normalized spacial score (nSPS) is 23.8. The molecule has 0 spiro atoms. The van der Waals surface area contributed by atoms with Crippen molar-refractivity contribution >= 4 is 23.2 Å². The number of rotatable bonds is 8. The molecule has 1 amide bonds.